The third kappa shape index (κ3) is 1.84. The first-order valence-corrected chi connectivity index (χ1v) is 6.29. The molecule has 0 saturated heterocycles. The van der Waals surface area contributed by atoms with Crippen LogP contribution in [0.5, 0.6) is 0 Å². The fraction of sp³-hybridized carbons (Fsp3) is 0.250. The number of pyridine rings is 1. The Kier molecular flexibility index (Phi) is 2.71. The molecular formula is C16H15NO. The van der Waals surface area contributed by atoms with E-state index < -0.39 is 0 Å². The molecule has 90 valence electrons. The van der Waals surface area contributed by atoms with Crippen molar-refractivity contribution in [3.8, 4) is 0 Å². The van der Waals surface area contributed by atoms with Crippen molar-refractivity contribution in [2.75, 3.05) is 0 Å². The summed E-state index contributed by atoms with van der Waals surface area (Å²) in [5.74, 6) is 0.223. The summed E-state index contributed by atoms with van der Waals surface area (Å²) in [7, 11) is 0. The standard InChI is InChI=1S/C16H15NO/c1-11-8-13(10-17-9-11)16(18)15-7-6-12-4-2-3-5-14(12)15/h2-5,8-10,15H,6-7H2,1H3. The van der Waals surface area contributed by atoms with E-state index >= 15 is 0 Å². The smallest absolute Gasteiger partial charge is 0.171 e. The molecule has 1 heterocycles. The number of carbonyl (C=O) groups is 1. The molecule has 3 rings (SSSR count). The second-order valence-electron chi connectivity index (χ2n) is 4.91. The second kappa shape index (κ2) is 4.37. The molecule has 2 heteroatoms. The second-order valence-corrected chi connectivity index (χ2v) is 4.91. The molecule has 1 aromatic heterocycles. The highest BCUT2D eigenvalue weighted by molar-refractivity contribution is 6.01. The molecule has 0 radical (unpaired) electrons. The number of aromatic nitrogens is 1. The average Bonchev–Trinajstić information content (AvgIpc) is 2.82. The molecule has 0 N–H and O–H groups in total. The molecule has 1 aliphatic rings. The third-order valence-corrected chi connectivity index (χ3v) is 3.61. The molecular weight excluding hydrogens is 222 g/mol. The Morgan fingerprint density at radius 1 is 1.28 bits per heavy atom. The maximum absolute atomic E-state index is 12.5. The number of Topliss-reactive ketones (excluding diaryl/α,β-unsaturated/α-hetero) is 1. The highest BCUT2D eigenvalue weighted by atomic mass is 16.1. The molecule has 1 unspecified atom stereocenters. The van der Waals surface area contributed by atoms with E-state index in [4.69, 9.17) is 0 Å². The van der Waals surface area contributed by atoms with Gasteiger partial charge in [-0.2, -0.15) is 0 Å². The van der Waals surface area contributed by atoms with E-state index in [0.717, 1.165) is 24.0 Å². The van der Waals surface area contributed by atoms with Crippen molar-refractivity contribution < 1.29 is 4.79 Å². The first-order chi connectivity index (χ1) is 8.75. The van der Waals surface area contributed by atoms with Crippen molar-refractivity contribution in [3.05, 3.63) is 65.0 Å². The number of hydrogen-bond acceptors (Lipinski definition) is 2. The van der Waals surface area contributed by atoms with Crippen LogP contribution in [0, 0.1) is 6.92 Å². The van der Waals surface area contributed by atoms with Gasteiger partial charge in [0.15, 0.2) is 5.78 Å². The quantitative estimate of drug-likeness (QED) is 0.750. The lowest BCUT2D eigenvalue weighted by molar-refractivity contribution is 0.0959. The van der Waals surface area contributed by atoms with Crippen LogP contribution in [0.4, 0.5) is 0 Å². The molecule has 2 aromatic rings. The Morgan fingerprint density at radius 2 is 2.11 bits per heavy atom. The van der Waals surface area contributed by atoms with Crippen LogP contribution in [0.1, 0.15) is 39.4 Å². The number of nitrogens with zero attached hydrogens (tertiary/aromatic N) is 1. The van der Waals surface area contributed by atoms with Gasteiger partial charge in [-0.1, -0.05) is 24.3 Å². The van der Waals surface area contributed by atoms with Crippen molar-refractivity contribution in [2.24, 2.45) is 0 Å². The van der Waals surface area contributed by atoms with Crippen LogP contribution in [-0.2, 0) is 6.42 Å². The first kappa shape index (κ1) is 11.1. The molecule has 1 aliphatic carbocycles. The molecule has 1 atom stereocenters. The normalized spacial score (nSPS) is 17.5. The van der Waals surface area contributed by atoms with Crippen molar-refractivity contribution in [2.45, 2.75) is 25.7 Å². The summed E-state index contributed by atoms with van der Waals surface area (Å²) >= 11 is 0. The van der Waals surface area contributed by atoms with Gasteiger partial charge in [0.1, 0.15) is 0 Å². The van der Waals surface area contributed by atoms with Crippen LogP contribution in [0.2, 0.25) is 0 Å². The highest BCUT2D eigenvalue weighted by Gasteiger charge is 2.28. The molecule has 0 spiro atoms. The van der Waals surface area contributed by atoms with Gasteiger partial charge in [-0.15, -0.1) is 0 Å². The van der Waals surface area contributed by atoms with Gasteiger partial charge < -0.3 is 0 Å². The molecule has 2 nitrogen and oxygen atoms in total. The number of benzene rings is 1. The molecule has 0 fully saturated rings. The van der Waals surface area contributed by atoms with Crippen LogP contribution in [0.15, 0.2) is 42.7 Å². The fourth-order valence-corrected chi connectivity index (χ4v) is 2.72. The number of hydrogen-bond donors (Lipinski definition) is 0. The largest absolute Gasteiger partial charge is 0.293 e. The van der Waals surface area contributed by atoms with Gasteiger partial charge in [0, 0.05) is 23.9 Å². The predicted molar refractivity (Wildman–Crippen MR) is 70.8 cm³/mol. The van der Waals surface area contributed by atoms with E-state index in [1.807, 2.05) is 25.1 Å². The number of ketones is 1. The summed E-state index contributed by atoms with van der Waals surface area (Å²) in [6.07, 6.45) is 5.38. The summed E-state index contributed by atoms with van der Waals surface area (Å²) in [5, 5.41) is 0. The van der Waals surface area contributed by atoms with Gasteiger partial charge in [-0.3, -0.25) is 9.78 Å². The van der Waals surface area contributed by atoms with E-state index in [9.17, 15) is 4.79 Å². The van der Waals surface area contributed by atoms with Crippen molar-refractivity contribution in [3.63, 3.8) is 0 Å². The lowest BCUT2D eigenvalue weighted by atomic mass is 9.92. The number of carbonyl (C=O) groups excluding carboxylic acids is 1. The first-order valence-electron chi connectivity index (χ1n) is 6.29. The zero-order chi connectivity index (χ0) is 12.5. The summed E-state index contributed by atoms with van der Waals surface area (Å²) in [5.41, 5.74) is 4.28. The Morgan fingerprint density at radius 3 is 2.94 bits per heavy atom. The summed E-state index contributed by atoms with van der Waals surface area (Å²) in [6, 6.07) is 10.2. The minimum absolute atomic E-state index is 0.0183. The lowest BCUT2D eigenvalue weighted by Gasteiger charge is -2.10. The van der Waals surface area contributed by atoms with Crippen LogP contribution in [0.25, 0.3) is 0 Å². The monoisotopic (exact) mass is 237 g/mol. The van der Waals surface area contributed by atoms with Gasteiger partial charge in [-0.05, 0) is 42.5 Å². The van der Waals surface area contributed by atoms with E-state index in [1.165, 1.54) is 11.1 Å². The Balaban J connectivity index is 1.96. The Bertz CT molecular complexity index is 604. The zero-order valence-corrected chi connectivity index (χ0v) is 10.4. The van der Waals surface area contributed by atoms with Crippen molar-refractivity contribution in [1.82, 2.24) is 4.98 Å². The van der Waals surface area contributed by atoms with Gasteiger partial charge in [0.25, 0.3) is 0 Å². The van der Waals surface area contributed by atoms with Crippen LogP contribution < -0.4 is 0 Å². The van der Waals surface area contributed by atoms with Crippen molar-refractivity contribution in [1.29, 1.82) is 0 Å². The van der Waals surface area contributed by atoms with E-state index in [-0.39, 0.29) is 11.7 Å². The molecule has 0 amide bonds. The zero-order valence-electron chi connectivity index (χ0n) is 10.4. The van der Waals surface area contributed by atoms with Crippen LogP contribution >= 0.6 is 0 Å². The summed E-state index contributed by atoms with van der Waals surface area (Å²) < 4.78 is 0. The lowest BCUT2D eigenvalue weighted by Crippen LogP contribution is -2.10. The number of rotatable bonds is 2. The minimum atomic E-state index is 0.0183. The fourth-order valence-electron chi connectivity index (χ4n) is 2.72. The highest BCUT2D eigenvalue weighted by Crippen LogP contribution is 2.35. The minimum Gasteiger partial charge on any atom is -0.293 e. The Labute approximate surface area is 107 Å². The average molecular weight is 237 g/mol. The van der Waals surface area contributed by atoms with Gasteiger partial charge >= 0.3 is 0 Å². The number of fused-ring (bicyclic) bond motifs is 1. The maximum Gasteiger partial charge on any atom is 0.171 e. The molecule has 1 aromatic carbocycles. The van der Waals surface area contributed by atoms with E-state index in [1.54, 1.807) is 12.4 Å². The SMILES string of the molecule is Cc1cncc(C(=O)C2CCc3ccccc32)c1. The Hall–Kier alpha value is -1.96. The summed E-state index contributed by atoms with van der Waals surface area (Å²) in [6.45, 7) is 1.96. The van der Waals surface area contributed by atoms with Crippen LogP contribution in [0.3, 0.4) is 0 Å². The van der Waals surface area contributed by atoms with E-state index in [2.05, 4.69) is 17.1 Å². The predicted octanol–water partition coefficient (Wildman–Crippen LogP) is 3.30. The summed E-state index contributed by atoms with van der Waals surface area (Å²) in [4.78, 5) is 16.6. The topological polar surface area (TPSA) is 30.0 Å². The van der Waals surface area contributed by atoms with Gasteiger partial charge in [-0.25, -0.2) is 0 Å². The molecule has 0 aliphatic heterocycles. The van der Waals surface area contributed by atoms with Gasteiger partial charge in [0.05, 0.1) is 0 Å². The molecule has 0 bridgehead atoms. The molecule has 0 saturated carbocycles. The van der Waals surface area contributed by atoms with Crippen molar-refractivity contribution >= 4 is 5.78 Å². The van der Waals surface area contributed by atoms with Crippen LogP contribution in [-0.4, -0.2) is 10.8 Å². The van der Waals surface area contributed by atoms with E-state index in [0.29, 0.717) is 0 Å². The maximum atomic E-state index is 12.5. The molecule has 18 heavy (non-hydrogen) atoms. The van der Waals surface area contributed by atoms with Gasteiger partial charge in [0.2, 0.25) is 0 Å². The third-order valence-electron chi connectivity index (χ3n) is 3.61. The number of aryl methyl sites for hydroxylation is 2.